The van der Waals surface area contributed by atoms with Crippen molar-refractivity contribution < 1.29 is 4.74 Å². The summed E-state index contributed by atoms with van der Waals surface area (Å²) in [4.78, 5) is 8.38. The first-order valence-corrected chi connectivity index (χ1v) is 6.96. The van der Waals surface area contributed by atoms with Gasteiger partial charge in [0.2, 0.25) is 5.88 Å². The monoisotopic (exact) mass is 321 g/mol. The molecule has 5 heteroatoms. The maximum absolute atomic E-state index is 5.81. The number of nitrogens with one attached hydrogen (secondary N) is 1. The van der Waals surface area contributed by atoms with Crippen molar-refractivity contribution in [3.63, 3.8) is 0 Å². The molecule has 0 aromatic carbocycles. The van der Waals surface area contributed by atoms with Gasteiger partial charge in [0.05, 0.1) is 6.20 Å². The number of hydrogen-bond acceptors (Lipinski definition) is 4. The number of halogens is 1. The van der Waals surface area contributed by atoms with Gasteiger partial charge in [0.25, 0.3) is 0 Å². The van der Waals surface area contributed by atoms with E-state index in [1.807, 2.05) is 18.2 Å². The average Bonchev–Trinajstić information content (AvgIpc) is 2.39. The Labute approximate surface area is 121 Å². The molecule has 0 bridgehead atoms. The van der Waals surface area contributed by atoms with E-state index in [1.54, 1.807) is 18.6 Å². The summed E-state index contributed by atoms with van der Waals surface area (Å²) in [7, 11) is 0. The fourth-order valence-corrected chi connectivity index (χ4v) is 2.14. The van der Waals surface area contributed by atoms with Crippen molar-refractivity contribution in [2.45, 2.75) is 19.9 Å². The minimum absolute atomic E-state index is 0.189. The molecule has 2 rings (SSSR count). The van der Waals surface area contributed by atoms with Crippen molar-refractivity contribution in [2.24, 2.45) is 0 Å². The minimum atomic E-state index is 0.189. The molecular formula is C14H16BrN3O. The van der Waals surface area contributed by atoms with Crippen LogP contribution in [0.15, 0.2) is 41.3 Å². The van der Waals surface area contributed by atoms with Gasteiger partial charge in [0, 0.05) is 28.5 Å². The van der Waals surface area contributed by atoms with Crippen LogP contribution in [-0.4, -0.2) is 16.5 Å². The SMILES string of the molecule is CCNC(C)c1cccnc1Oc1cncc(Br)c1. The molecular weight excluding hydrogens is 306 g/mol. The third-order valence-corrected chi connectivity index (χ3v) is 3.11. The van der Waals surface area contributed by atoms with Crippen LogP contribution in [0.4, 0.5) is 0 Å². The van der Waals surface area contributed by atoms with E-state index >= 15 is 0 Å². The topological polar surface area (TPSA) is 47.0 Å². The molecule has 0 spiro atoms. The summed E-state index contributed by atoms with van der Waals surface area (Å²) >= 11 is 3.37. The Bertz CT molecular complexity index is 548. The zero-order chi connectivity index (χ0) is 13.7. The second kappa shape index (κ2) is 6.63. The Kier molecular flexibility index (Phi) is 4.87. The third kappa shape index (κ3) is 3.75. The minimum Gasteiger partial charge on any atom is -0.437 e. The van der Waals surface area contributed by atoms with E-state index in [-0.39, 0.29) is 6.04 Å². The van der Waals surface area contributed by atoms with Gasteiger partial charge in [-0.15, -0.1) is 0 Å². The standard InChI is InChI=1S/C14H16BrN3O/c1-3-17-10(2)13-5-4-6-18-14(13)19-12-7-11(15)8-16-9-12/h4-10,17H,3H2,1-2H3. The lowest BCUT2D eigenvalue weighted by molar-refractivity contribution is 0.442. The highest BCUT2D eigenvalue weighted by Crippen LogP contribution is 2.27. The van der Waals surface area contributed by atoms with Crippen LogP contribution in [0.1, 0.15) is 25.5 Å². The van der Waals surface area contributed by atoms with Gasteiger partial charge in [-0.3, -0.25) is 4.98 Å². The van der Waals surface area contributed by atoms with Crippen molar-refractivity contribution in [3.8, 4) is 11.6 Å². The van der Waals surface area contributed by atoms with E-state index in [0.717, 1.165) is 16.6 Å². The molecule has 0 saturated heterocycles. The highest BCUT2D eigenvalue weighted by Gasteiger charge is 2.12. The molecule has 1 atom stereocenters. The molecule has 2 aromatic rings. The lowest BCUT2D eigenvalue weighted by Gasteiger charge is -2.16. The number of aromatic nitrogens is 2. The first-order chi connectivity index (χ1) is 9.20. The largest absolute Gasteiger partial charge is 0.437 e. The van der Waals surface area contributed by atoms with Gasteiger partial charge in [0.1, 0.15) is 5.75 Å². The van der Waals surface area contributed by atoms with E-state index in [2.05, 4.69) is 45.1 Å². The Morgan fingerprint density at radius 2 is 2.26 bits per heavy atom. The molecule has 1 unspecified atom stereocenters. The first kappa shape index (κ1) is 14.0. The van der Waals surface area contributed by atoms with E-state index in [1.165, 1.54) is 0 Å². The van der Waals surface area contributed by atoms with E-state index < -0.39 is 0 Å². The molecule has 19 heavy (non-hydrogen) atoms. The van der Waals surface area contributed by atoms with Crippen molar-refractivity contribution in [1.82, 2.24) is 15.3 Å². The number of nitrogens with zero attached hydrogens (tertiary/aromatic N) is 2. The summed E-state index contributed by atoms with van der Waals surface area (Å²) in [6, 6.07) is 5.98. The van der Waals surface area contributed by atoms with Gasteiger partial charge < -0.3 is 10.1 Å². The summed E-state index contributed by atoms with van der Waals surface area (Å²) in [6.07, 6.45) is 5.11. The average molecular weight is 322 g/mol. The summed E-state index contributed by atoms with van der Waals surface area (Å²) in [5.74, 6) is 1.27. The molecule has 0 radical (unpaired) electrons. The van der Waals surface area contributed by atoms with E-state index in [9.17, 15) is 0 Å². The van der Waals surface area contributed by atoms with Crippen molar-refractivity contribution in [3.05, 3.63) is 46.8 Å². The maximum Gasteiger partial charge on any atom is 0.224 e. The zero-order valence-electron chi connectivity index (χ0n) is 10.9. The summed E-state index contributed by atoms with van der Waals surface area (Å²) in [5, 5.41) is 3.35. The van der Waals surface area contributed by atoms with Crippen LogP contribution in [0.3, 0.4) is 0 Å². The van der Waals surface area contributed by atoms with Gasteiger partial charge in [-0.05, 0) is 41.5 Å². The van der Waals surface area contributed by atoms with Crippen LogP contribution in [0.25, 0.3) is 0 Å². The Hall–Kier alpha value is -1.46. The fraction of sp³-hybridized carbons (Fsp3) is 0.286. The molecule has 0 aliphatic carbocycles. The smallest absolute Gasteiger partial charge is 0.224 e. The van der Waals surface area contributed by atoms with Gasteiger partial charge in [-0.2, -0.15) is 0 Å². The predicted molar refractivity (Wildman–Crippen MR) is 78.3 cm³/mol. The molecule has 0 fully saturated rings. The second-order valence-corrected chi connectivity index (χ2v) is 5.03. The van der Waals surface area contributed by atoms with Crippen LogP contribution >= 0.6 is 15.9 Å². The maximum atomic E-state index is 5.81. The molecule has 0 aliphatic heterocycles. The normalized spacial score (nSPS) is 12.2. The van der Waals surface area contributed by atoms with Crippen molar-refractivity contribution in [1.29, 1.82) is 0 Å². The van der Waals surface area contributed by atoms with E-state index in [0.29, 0.717) is 11.6 Å². The van der Waals surface area contributed by atoms with Crippen LogP contribution in [0.5, 0.6) is 11.6 Å². The van der Waals surface area contributed by atoms with Gasteiger partial charge in [-0.25, -0.2) is 4.98 Å². The van der Waals surface area contributed by atoms with Gasteiger partial charge >= 0.3 is 0 Å². The zero-order valence-corrected chi connectivity index (χ0v) is 12.5. The Morgan fingerprint density at radius 3 is 3.00 bits per heavy atom. The number of pyridine rings is 2. The highest BCUT2D eigenvalue weighted by atomic mass is 79.9. The van der Waals surface area contributed by atoms with Crippen LogP contribution < -0.4 is 10.1 Å². The molecule has 0 amide bonds. The Balaban J connectivity index is 2.25. The summed E-state index contributed by atoms with van der Waals surface area (Å²) < 4.78 is 6.69. The first-order valence-electron chi connectivity index (χ1n) is 6.17. The predicted octanol–water partition coefficient (Wildman–Crippen LogP) is 3.70. The number of ether oxygens (including phenoxy) is 1. The molecule has 100 valence electrons. The summed E-state index contributed by atoms with van der Waals surface area (Å²) in [6.45, 7) is 5.06. The molecule has 2 heterocycles. The molecule has 0 aliphatic rings. The van der Waals surface area contributed by atoms with Crippen molar-refractivity contribution in [2.75, 3.05) is 6.54 Å². The highest BCUT2D eigenvalue weighted by molar-refractivity contribution is 9.10. The summed E-state index contributed by atoms with van der Waals surface area (Å²) in [5.41, 5.74) is 1.03. The van der Waals surface area contributed by atoms with Crippen LogP contribution in [0.2, 0.25) is 0 Å². The second-order valence-electron chi connectivity index (χ2n) is 4.12. The molecule has 4 nitrogen and oxygen atoms in total. The lowest BCUT2D eigenvalue weighted by Crippen LogP contribution is -2.18. The molecule has 2 aromatic heterocycles. The number of hydrogen-bond donors (Lipinski definition) is 1. The molecule has 1 N–H and O–H groups in total. The molecule has 0 saturated carbocycles. The van der Waals surface area contributed by atoms with Gasteiger partial charge in [0.15, 0.2) is 0 Å². The van der Waals surface area contributed by atoms with Crippen LogP contribution in [0, 0.1) is 0 Å². The van der Waals surface area contributed by atoms with Crippen LogP contribution in [-0.2, 0) is 0 Å². The Morgan fingerprint density at radius 1 is 1.42 bits per heavy atom. The quantitative estimate of drug-likeness (QED) is 0.912. The number of rotatable bonds is 5. The van der Waals surface area contributed by atoms with Gasteiger partial charge in [-0.1, -0.05) is 13.0 Å². The fourth-order valence-electron chi connectivity index (χ4n) is 1.79. The lowest BCUT2D eigenvalue weighted by atomic mass is 10.1. The third-order valence-electron chi connectivity index (χ3n) is 2.67. The van der Waals surface area contributed by atoms with E-state index in [4.69, 9.17) is 4.74 Å². The van der Waals surface area contributed by atoms with Crippen molar-refractivity contribution >= 4 is 15.9 Å².